The monoisotopic (exact) mass is 357 g/mol. The molecule has 1 aliphatic carbocycles. The Hall–Kier alpha value is -0.320. The molecule has 1 aromatic heterocycles. The highest BCUT2D eigenvalue weighted by Crippen LogP contribution is 2.45. The second-order valence-electron chi connectivity index (χ2n) is 6.22. The molecule has 3 atom stereocenters. The Kier molecular flexibility index (Phi) is 6.33. The number of furan rings is 1. The van der Waals surface area contributed by atoms with E-state index >= 15 is 0 Å². The molecule has 3 nitrogen and oxygen atoms in total. The number of rotatable bonds is 7. The highest BCUT2D eigenvalue weighted by Gasteiger charge is 2.45. The third-order valence-corrected chi connectivity index (χ3v) is 5.11. The molecule has 21 heavy (non-hydrogen) atoms. The van der Waals surface area contributed by atoms with E-state index in [0.717, 1.165) is 42.6 Å². The maximum atomic E-state index is 6.34. The van der Waals surface area contributed by atoms with Crippen molar-refractivity contribution in [2.75, 3.05) is 13.2 Å². The number of nitrogens with one attached hydrogen (secondary N) is 1. The topological polar surface area (TPSA) is 34.4 Å². The first kappa shape index (κ1) is 17.0. The maximum absolute atomic E-state index is 6.34. The van der Waals surface area contributed by atoms with Crippen LogP contribution < -0.4 is 5.32 Å². The van der Waals surface area contributed by atoms with Gasteiger partial charge in [-0.15, -0.1) is 0 Å². The second kappa shape index (κ2) is 7.80. The van der Waals surface area contributed by atoms with Gasteiger partial charge in [0.25, 0.3) is 0 Å². The molecular formula is C17H28BrNO2. The summed E-state index contributed by atoms with van der Waals surface area (Å²) >= 11 is 3.63. The van der Waals surface area contributed by atoms with Crippen LogP contribution in [0.2, 0.25) is 0 Å². The Morgan fingerprint density at radius 1 is 1.52 bits per heavy atom. The highest BCUT2D eigenvalue weighted by molar-refractivity contribution is 9.10. The molecule has 3 unspecified atom stereocenters. The van der Waals surface area contributed by atoms with E-state index in [4.69, 9.17) is 9.15 Å². The number of ether oxygens (including phenoxy) is 1. The maximum Gasteiger partial charge on any atom is 0.137 e. The van der Waals surface area contributed by atoms with Gasteiger partial charge in [0.05, 0.1) is 22.4 Å². The van der Waals surface area contributed by atoms with Crippen molar-refractivity contribution >= 4 is 15.9 Å². The minimum Gasteiger partial charge on any atom is -0.466 e. The molecule has 1 aliphatic rings. The van der Waals surface area contributed by atoms with Gasteiger partial charge >= 0.3 is 0 Å². The van der Waals surface area contributed by atoms with E-state index in [1.807, 2.05) is 6.07 Å². The molecule has 0 aliphatic heterocycles. The molecule has 0 radical (unpaired) electrons. The number of halogens is 1. The van der Waals surface area contributed by atoms with Crippen LogP contribution in [0.1, 0.15) is 64.7 Å². The van der Waals surface area contributed by atoms with Crippen LogP contribution in [0.4, 0.5) is 0 Å². The van der Waals surface area contributed by atoms with Gasteiger partial charge in [0, 0.05) is 6.61 Å². The molecule has 0 spiro atoms. The Balaban J connectivity index is 2.32. The zero-order chi connectivity index (χ0) is 15.3. The van der Waals surface area contributed by atoms with Crippen LogP contribution in [-0.4, -0.2) is 18.8 Å². The number of hydrogen-bond acceptors (Lipinski definition) is 3. The molecule has 0 bridgehead atoms. The lowest BCUT2D eigenvalue weighted by molar-refractivity contribution is -0.105. The lowest BCUT2D eigenvalue weighted by Crippen LogP contribution is -2.49. The third-order valence-electron chi connectivity index (χ3n) is 4.45. The van der Waals surface area contributed by atoms with Crippen LogP contribution in [0.15, 0.2) is 21.2 Å². The largest absolute Gasteiger partial charge is 0.466 e. The molecular weight excluding hydrogens is 330 g/mol. The Morgan fingerprint density at radius 3 is 2.90 bits per heavy atom. The lowest BCUT2D eigenvalue weighted by atomic mass is 9.73. The van der Waals surface area contributed by atoms with Crippen molar-refractivity contribution in [1.29, 1.82) is 0 Å². The van der Waals surface area contributed by atoms with Crippen molar-refractivity contribution in [3.05, 3.63) is 22.6 Å². The molecule has 4 heteroatoms. The van der Waals surface area contributed by atoms with Gasteiger partial charge in [-0.1, -0.05) is 26.7 Å². The molecule has 1 fully saturated rings. The first-order valence-corrected chi connectivity index (χ1v) is 9.02. The Morgan fingerprint density at radius 2 is 2.33 bits per heavy atom. The number of hydrogen-bond donors (Lipinski definition) is 1. The van der Waals surface area contributed by atoms with Crippen LogP contribution in [0.3, 0.4) is 0 Å². The summed E-state index contributed by atoms with van der Waals surface area (Å²) in [6, 6.07) is 2.09. The van der Waals surface area contributed by atoms with E-state index in [2.05, 4.69) is 42.0 Å². The minimum atomic E-state index is -0.151. The molecule has 1 aromatic rings. The van der Waals surface area contributed by atoms with Crippen molar-refractivity contribution in [2.45, 2.75) is 64.5 Å². The van der Waals surface area contributed by atoms with Crippen LogP contribution in [0.5, 0.6) is 0 Å². The van der Waals surface area contributed by atoms with Gasteiger partial charge in [0.1, 0.15) is 5.76 Å². The fourth-order valence-corrected chi connectivity index (χ4v) is 4.06. The van der Waals surface area contributed by atoms with E-state index in [1.54, 1.807) is 6.26 Å². The van der Waals surface area contributed by atoms with Crippen molar-refractivity contribution in [1.82, 2.24) is 5.32 Å². The van der Waals surface area contributed by atoms with Gasteiger partial charge in [-0.2, -0.15) is 0 Å². The first-order valence-electron chi connectivity index (χ1n) is 8.23. The predicted molar refractivity (Wildman–Crippen MR) is 89.4 cm³/mol. The van der Waals surface area contributed by atoms with E-state index in [0.29, 0.717) is 5.92 Å². The second-order valence-corrected chi connectivity index (χ2v) is 7.07. The molecule has 0 aromatic carbocycles. The zero-order valence-electron chi connectivity index (χ0n) is 13.5. The lowest BCUT2D eigenvalue weighted by Gasteiger charge is -2.45. The van der Waals surface area contributed by atoms with Crippen LogP contribution in [0.25, 0.3) is 0 Å². The van der Waals surface area contributed by atoms with E-state index in [-0.39, 0.29) is 11.6 Å². The Bertz CT molecular complexity index is 430. The molecule has 0 amide bonds. The summed E-state index contributed by atoms with van der Waals surface area (Å²) in [5, 5.41) is 3.68. The summed E-state index contributed by atoms with van der Waals surface area (Å²) in [5.74, 6) is 1.68. The summed E-state index contributed by atoms with van der Waals surface area (Å²) in [7, 11) is 0. The molecule has 1 heterocycles. The summed E-state index contributed by atoms with van der Waals surface area (Å²) in [6.07, 6.45) is 7.58. The van der Waals surface area contributed by atoms with Gasteiger partial charge in [0.2, 0.25) is 0 Å². The standard InChI is InChI=1S/C17H28BrNO2/c1-4-10-19-16(15-14(18)8-11-20-15)17(21-5-2)9-6-7-13(3)12-17/h8,11,13,16,19H,4-7,9-10,12H2,1-3H3. The molecule has 0 saturated heterocycles. The first-order chi connectivity index (χ1) is 10.1. The van der Waals surface area contributed by atoms with Crippen molar-refractivity contribution in [3.63, 3.8) is 0 Å². The summed E-state index contributed by atoms with van der Waals surface area (Å²) in [4.78, 5) is 0. The molecule has 2 rings (SSSR count). The van der Waals surface area contributed by atoms with Crippen LogP contribution in [-0.2, 0) is 4.74 Å². The molecule has 120 valence electrons. The van der Waals surface area contributed by atoms with Gasteiger partial charge < -0.3 is 14.5 Å². The third kappa shape index (κ3) is 3.91. The summed E-state index contributed by atoms with van der Waals surface area (Å²) in [5.41, 5.74) is -0.151. The average molecular weight is 358 g/mol. The van der Waals surface area contributed by atoms with E-state index in [9.17, 15) is 0 Å². The average Bonchev–Trinajstić information content (AvgIpc) is 2.86. The van der Waals surface area contributed by atoms with Gasteiger partial charge in [-0.25, -0.2) is 0 Å². The summed E-state index contributed by atoms with van der Waals surface area (Å²) in [6.45, 7) is 8.34. The van der Waals surface area contributed by atoms with Crippen molar-refractivity contribution in [3.8, 4) is 0 Å². The normalized spacial score (nSPS) is 27.7. The predicted octanol–water partition coefficient (Wildman–Crippen LogP) is 5.07. The minimum absolute atomic E-state index is 0.115. The van der Waals surface area contributed by atoms with Gasteiger partial charge in [-0.3, -0.25) is 0 Å². The van der Waals surface area contributed by atoms with Crippen LogP contribution >= 0.6 is 15.9 Å². The van der Waals surface area contributed by atoms with Crippen LogP contribution in [0, 0.1) is 5.92 Å². The van der Waals surface area contributed by atoms with E-state index in [1.165, 1.54) is 12.8 Å². The van der Waals surface area contributed by atoms with Crippen molar-refractivity contribution in [2.24, 2.45) is 5.92 Å². The quantitative estimate of drug-likeness (QED) is 0.739. The fourth-order valence-electron chi connectivity index (χ4n) is 3.63. The smallest absolute Gasteiger partial charge is 0.137 e. The van der Waals surface area contributed by atoms with Gasteiger partial charge in [0.15, 0.2) is 0 Å². The SMILES string of the molecule is CCCNC(c1occc1Br)C1(OCC)CCCC(C)C1. The molecule has 1 saturated carbocycles. The van der Waals surface area contributed by atoms with E-state index < -0.39 is 0 Å². The Labute approximate surface area is 136 Å². The molecule has 1 N–H and O–H groups in total. The zero-order valence-corrected chi connectivity index (χ0v) is 15.0. The van der Waals surface area contributed by atoms with Crippen molar-refractivity contribution < 1.29 is 9.15 Å². The fraction of sp³-hybridized carbons (Fsp3) is 0.765. The van der Waals surface area contributed by atoms with Gasteiger partial charge in [-0.05, 0) is 60.6 Å². The summed E-state index contributed by atoms with van der Waals surface area (Å²) < 4.78 is 13.2. The highest BCUT2D eigenvalue weighted by atomic mass is 79.9.